The molecule has 15 heteroatoms. The molecule has 2 aromatic carbocycles. The van der Waals surface area contributed by atoms with E-state index >= 15 is 0 Å². The number of hydrogen-bond donors (Lipinski definition) is 2. The molecule has 0 spiro atoms. The van der Waals surface area contributed by atoms with E-state index in [1.165, 1.54) is 103 Å². The van der Waals surface area contributed by atoms with Gasteiger partial charge in [-0.25, -0.2) is 0 Å². The van der Waals surface area contributed by atoms with Gasteiger partial charge >= 0.3 is 59.2 Å². The van der Waals surface area contributed by atoms with Gasteiger partial charge in [-0.15, -0.1) is 0 Å². The van der Waals surface area contributed by atoms with Crippen molar-refractivity contribution >= 4 is 42.7 Å². The standard InChI is InChI=1S/2C32H52O5.2ClH.2H2N.Pt/c2*1-22(2)11-8-12-23(3)13-9-14-24(4)15-10-19-32(7)20-18-27-26(6)31(25(5)21-28(27)37-32)36-30(35)17-16-29(33)34;;;;;/h2*21-24H,8-20H2,1-7H3,(H,33,34);2*1H;2*1H2;/q;;;;2*-1;+4/p-2. The van der Waals surface area contributed by atoms with Crippen molar-refractivity contribution in [2.75, 3.05) is 0 Å². The summed E-state index contributed by atoms with van der Waals surface area (Å²) >= 11 is -0.472. The van der Waals surface area contributed by atoms with Crippen LogP contribution in [-0.2, 0) is 48.5 Å². The Kier molecular flexibility index (Phi) is 38.1. The number of fused-ring (bicyclic) bond motifs is 2. The fraction of sp³-hybridized carbons (Fsp3) is 0.750. The maximum Gasteiger partial charge on any atom is -0.693 e. The summed E-state index contributed by atoms with van der Waals surface area (Å²) < 4.78 is 24.2. The molecule has 0 radical (unpaired) electrons. The fourth-order valence-electron chi connectivity index (χ4n) is 11.2. The van der Waals surface area contributed by atoms with Crippen molar-refractivity contribution in [1.29, 1.82) is 0 Å². The molecule has 79 heavy (non-hydrogen) atoms. The second-order valence-electron chi connectivity index (χ2n) is 24.8. The summed E-state index contributed by atoms with van der Waals surface area (Å²) in [6.07, 6.45) is 26.1. The van der Waals surface area contributed by atoms with E-state index in [1.807, 2.05) is 39.8 Å². The zero-order chi connectivity index (χ0) is 57.9. The number of aliphatic carboxylic acids is 2. The largest absolute Gasteiger partial charge is 0.693 e. The molecule has 0 saturated heterocycles. The molecule has 2 aromatic rings. The monoisotopic (exact) mass is 1330 g/mol. The van der Waals surface area contributed by atoms with Crippen LogP contribution >= 0.6 is 18.8 Å². The summed E-state index contributed by atoms with van der Waals surface area (Å²) in [5, 5.41) is 17.6. The molecule has 2 aliphatic rings. The van der Waals surface area contributed by atoms with Gasteiger partial charge in [0.2, 0.25) is 0 Å². The van der Waals surface area contributed by atoms with Crippen LogP contribution in [0.4, 0.5) is 0 Å². The van der Waals surface area contributed by atoms with Gasteiger partial charge in [-0.2, -0.15) is 0 Å². The number of ether oxygens (including phenoxy) is 4. The van der Waals surface area contributed by atoms with E-state index in [2.05, 4.69) is 69.2 Å². The Balaban J connectivity index is 0.00000143. The minimum absolute atomic E-state index is 0. The minimum atomic E-state index is -1.000. The van der Waals surface area contributed by atoms with Gasteiger partial charge in [-0.05, 0) is 163 Å². The van der Waals surface area contributed by atoms with E-state index in [9.17, 15) is 19.2 Å². The predicted octanol–water partition coefficient (Wildman–Crippen LogP) is 20.0. The average molecular weight is 1330 g/mol. The first-order valence-electron chi connectivity index (χ1n) is 29.5. The van der Waals surface area contributed by atoms with Crippen LogP contribution in [0.25, 0.3) is 12.3 Å². The van der Waals surface area contributed by atoms with Gasteiger partial charge in [0.1, 0.15) is 34.2 Å². The number of halogens is 2. The maximum atomic E-state index is 12.1. The summed E-state index contributed by atoms with van der Waals surface area (Å²) in [5.74, 6) is 4.72. The van der Waals surface area contributed by atoms with Crippen LogP contribution < -0.4 is 18.9 Å². The van der Waals surface area contributed by atoms with Gasteiger partial charge in [0, 0.05) is 11.1 Å². The van der Waals surface area contributed by atoms with Crippen LogP contribution in [0.3, 0.4) is 0 Å². The number of aryl methyl sites for hydroxylation is 2. The van der Waals surface area contributed by atoms with Gasteiger partial charge in [-0.3, -0.25) is 19.2 Å². The molecule has 0 saturated carbocycles. The third-order valence-corrected chi connectivity index (χ3v) is 16.2. The molecular weight excluding hydrogens is 1220 g/mol. The number of carbonyl (C=O) groups is 4. The van der Waals surface area contributed by atoms with Crippen LogP contribution in [0.15, 0.2) is 12.1 Å². The SMILES string of the molecule is Cc1cc2c(c(C)c1OC(=O)CCC(=O)O)CCC(C)(CCCC(C)CCCC(C)CCCC(C)C)O2.Cc1cc2c(c(C)c1OC(=O)CCC(=O)O)CCC(C)(CCCC(C)CCCC(C)CCCC(C)C)O2.[Cl][Pt+2][Cl].[NH2-].[NH2-]. The van der Waals surface area contributed by atoms with E-state index in [0.29, 0.717) is 11.5 Å². The first-order valence-corrected chi connectivity index (χ1v) is 35.2. The number of rotatable bonds is 32. The number of esters is 2. The van der Waals surface area contributed by atoms with Gasteiger partial charge in [0.25, 0.3) is 0 Å². The normalized spacial score (nSPS) is 17.8. The molecule has 6 atom stereocenters. The summed E-state index contributed by atoms with van der Waals surface area (Å²) in [6.45, 7) is 31.1. The van der Waals surface area contributed by atoms with Gasteiger partial charge in [-0.1, -0.05) is 145 Å². The predicted molar refractivity (Wildman–Crippen MR) is 323 cm³/mol. The van der Waals surface area contributed by atoms with E-state index in [-0.39, 0.29) is 49.2 Å². The number of hydrogen-bond acceptors (Lipinski definition) is 8. The molecular formula is C64H108Cl2N2O10Pt. The zero-order valence-electron chi connectivity index (χ0n) is 51.4. The molecule has 0 aliphatic carbocycles. The number of nitrogens with two attached hydrogens (primary N) is 2. The second-order valence-corrected chi connectivity index (χ2v) is 28.1. The van der Waals surface area contributed by atoms with Crippen LogP contribution in [0.1, 0.15) is 257 Å². The topological polar surface area (TPSA) is 213 Å². The fourth-order valence-corrected chi connectivity index (χ4v) is 11.2. The molecule has 6 unspecified atom stereocenters. The Labute approximate surface area is 496 Å². The molecule has 0 aromatic heterocycles. The Morgan fingerprint density at radius 2 is 0.797 bits per heavy atom. The molecule has 12 nitrogen and oxygen atoms in total. The van der Waals surface area contributed by atoms with Crippen molar-refractivity contribution in [3.63, 3.8) is 0 Å². The Bertz CT molecular complexity index is 1980. The summed E-state index contributed by atoms with van der Waals surface area (Å²) in [4.78, 5) is 45.7. The van der Waals surface area contributed by atoms with Crippen molar-refractivity contribution < 1.29 is 64.8 Å². The summed E-state index contributed by atoms with van der Waals surface area (Å²) in [5.41, 5.74) is 5.39. The van der Waals surface area contributed by atoms with E-state index in [1.54, 1.807) is 0 Å². The maximum absolute atomic E-state index is 12.1. The number of carbonyl (C=O) groups excluding carboxylic acids is 2. The average Bonchev–Trinajstić information content (AvgIpc) is 3.32. The number of carboxylic acid groups (broad SMARTS) is 2. The first kappa shape index (κ1) is 76.1. The summed E-state index contributed by atoms with van der Waals surface area (Å²) in [6, 6.07) is 3.95. The smallest absolute Gasteiger partial charge is 0.693 e. The summed E-state index contributed by atoms with van der Waals surface area (Å²) in [7, 11) is 9.75. The second kappa shape index (κ2) is 39.6. The Hall–Kier alpha value is -2.89. The molecule has 4 rings (SSSR count). The van der Waals surface area contributed by atoms with Crippen LogP contribution in [-0.4, -0.2) is 45.3 Å². The molecule has 0 fully saturated rings. The van der Waals surface area contributed by atoms with Crippen molar-refractivity contribution in [3.8, 4) is 23.0 Å². The quantitative estimate of drug-likeness (QED) is 0.0522. The molecule has 2 aliphatic heterocycles. The van der Waals surface area contributed by atoms with Gasteiger partial charge in [0.15, 0.2) is 0 Å². The zero-order valence-corrected chi connectivity index (χ0v) is 55.2. The molecule has 458 valence electrons. The van der Waals surface area contributed by atoms with Gasteiger partial charge in [0.05, 0.1) is 25.7 Å². The van der Waals surface area contributed by atoms with Gasteiger partial charge < -0.3 is 41.5 Å². The van der Waals surface area contributed by atoms with Crippen molar-refractivity contribution in [2.24, 2.45) is 35.5 Å². The van der Waals surface area contributed by atoms with Crippen molar-refractivity contribution in [1.82, 2.24) is 0 Å². The first-order chi connectivity index (χ1) is 36.2. The number of carboxylic acids is 2. The molecule has 0 amide bonds. The third-order valence-electron chi connectivity index (χ3n) is 16.2. The van der Waals surface area contributed by atoms with Crippen molar-refractivity contribution in [3.05, 3.63) is 57.8 Å². The Morgan fingerprint density at radius 1 is 0.519 bits per heavy atom. The molecule has 0 bridgehead atoms. The molecule has 2 heterocycles. The van der Waals surface area contributed by atoms with Crippen LogP contribution in [0, 0.1) is 63.2 Å². The minimum Gasteiger partial charge on any atom is -0.693 e. The van der Waals surface area contributed by atoms with Crippen LogP contribution in [0.2, 0.25) is 0 Å². The number of benzene rings is 2. The van der Waals surface area contributed by atoms with E-state index in [0.717, 1.165) is 119 Å². The van der Waals surface area contributed by atoms with Crippen LogP contribution in [0.5, 0.6) is 23.0 Å². The Morgan fingerprint density at radius 3 is 1.08 bits per heavy atom. The molecule has 6 N–H and O–H groups in total. The van der Waals surface area contributed by atoms with Crippen molar-refractivity contribution in [2.45, 2.75) is 275 Å². The third kappa shape index (κ3) is 30.3. The van der Waals surface area contributed by atoms with E-state index < -0.39 is 40.4 Å². The van der Waals surface area contributed by atoms with E-state index in [4.69, 9.17) is 48.0 Å².